The molecule has 2 N–H and O–H groups in total. The first kappa shape index (κ1) is 21.5. The highest BCUT2D eigenvalue weighted by atomic mass is 127. The van der Waals surface area contributed by atoms with Crippen molar-refractivity contribution in [3.05, 3.63) is 46.5 Å². The molecule has 1 amide bonds. The molecule has 2 rings (SSSR count). The molecule has 2 aromatic rings. The third kappa shape index (κ3) is 7.91. The highest BCUT2D eigenvalue weighted by molar-refractivity contribution is 14.0. The summed E-state index contributed by atoms with van der Waals surface area (Å²) in [4.78, 5) is 19.7. The van der Waals surface area contributed by atoms with Crippen LogP contribution < -0.4 is 10.6 Å². The van der Waals surface area contributed by atoms with Crippen LogP contribution in [0.1, 0.15) is 17.6 Å². The predicted molar refractivity (Wildman–Crippen MR) is 113 cm³/mol. The average molecular weight is 476 g/mol. The molecule has 0 spiro atoms. The summed E-state index contributed by atoms with van der Waals surface area (Å²) in [5.74, 6) is 1.34. The van der Waals surface area contributed by atoms with Crippen molar-refractivity contribution < 1.29 is 9.21 Å². The normalized spacial score (nSPS) is 10.9. The molecule has 0 saturated heterocycles. The number of amides is 1. The summed E-state index contributed by atoms with van der Waals surface area (Å²) in [7, 11) is 1.98. The van der Waals surface area contributed by atoms with Gasteiger partial charge in [-0.05, 0) is 36.9 Å². The maximum Gasteiger partial charge on any atom is 0.242 e. The van der Waals surface area contributed by atoms with Gasteiger partial charge in [0, 0.05) is 25.0 Å². The van der Waals surface area contributed by atoms with Crippen LogP contribution in [0.5, 0.6) is 0 Å². The molecule has 0 aromatic carbocycles. The summed E-state index contributed by atoms with van der Waals surface area (Å²) in [6.07, 6.45) is 2.55. The lowest BCUT2D eigenvalue weighted by Crippen LogP contribution is -2.40. The number of hydrogen-bond acceptors (Lipinski definition) is 4. The third-order valence-corrected chi connectivity index (χ3v) is 4.32. The average Bonchev–Trinajstić information content (AvgIpc) is 3.28. The minimum absolute atomic E-state index is 0. The van der Waals surface area contributed by atoms with Gasteiger partial charge in [0.1, 0.15) is 12.3 Å². The van der Waals surface area contributed by atoms with Crippen LogP contribution >= 0.6 is 35.3 Å². The van der Waals surface area contributed by atoms with Crippen molar-refractivity contribution in [3.8, 4) is 0 Å². The Kier molecular flexibility index (Phi) is 10.2. The van der Waals surface area contributed by atoms with Crippen molar-refractivity contribution in [1.82, 2.24) is 15.5 Å². The Bertz CT molecular complexity index is 629. The van der Waals surface area contributed by atoms with Crippen molar-refractivity contribution in [2.75, 3.05) is 26.7 Å². The molecule has 0 bridgehead atoms. The van der Waals surface area contributed by atoms with Gasteiger partial charge in [0.15, 0.2) is 5.96 Å². The molecule has 0 aliphatic heterocycles. The highest BCUT2D eigenvalue weighted by Gasteiger charge is 2.08. The van der Waals surface area contributed by atoms with Gasteiger partial charge in [0.05, 0.1) is 12.8 Å². The van der Waals surface area contributed by atoms with Crippen LogP contribution in [-0.4, -0.2) is 43.4 Å². The van der Waals surface area contributed by atoms with Crippen LogP contribution in [0.2, 0.25) is 0 Å². The molecule has 8 heteroatoms. The number of furan rings is 1. The zero-order chi connectivity index (χ0) is 17.2. The van der Waals surface area contributed by atoms with Crippen LogP contribution in [0.4, 0.5) is 0 Å². The van der Waals surface area contributed by atoms with E-state index in [0.717, 1.165) is 31.2 Å². The summed E-state index contributed by atoms with van der Waals surface area (Å²) >= 11 is 1.75. The van der Waals surface area contributed by atoms with E-state index in [9.17, 15) is 4.79 Å². The largest absolute Gasteiger partial charge is 0.467 e. The lowest BCUT2D eigenvalue weighted by molar-refractivity contribution is -0.119. The molecule has 0 saturated carbocycles. The Morgan fingerprint density at radius 2 is 2.16 bits per heavy atom. The minimum Gasteiger partial charge on any atom is -0.467 e. The van der Waals surface area contributed by atoms with E-state index < -0.39 is 0 Å². The molecular formula is C17H25IN4O2S. The molecule has 138 valence electrons. The monoisotopic (exact) mass is 476 g/mol. The lowest BCUT2D eigenvalue weighted by Gasteiger charge is -2.21. The quantitative estimate of drug-likeness (QED) is 0.349. The number of guanidine groups is 1. The van der Waals surface area contributed by atoms with E-state index in [1.807, 2.05) is 24.9 Å². The fraction of sp³-hybridized carbons (Fsp3) is 0.412. The number of nitrogens with one attached hydrogen (secondary N) is 2. The van der Waals surface area contributed by atoms with E-state index in [1.165, 1.54) is 4.88 Å². The number of rotatable bonds is 8. The van der Waals surface area contributed by atoms with Gasteiger partial charge in [-0.2, -0.15) is 0 Å². The molecule has 0 atom stereocenters. The summed E-state index contributed by atoms with van der Waals surface area (Å²) in [6.45, 7) is 4.09. The topological polar surface area (TPSA) is 69.9 Å². The Morgan fingerprint density at radius 3 is 2.80 bits per heavy atom. The first-order valence-electron chi connectivity index (χ1n) is 8.00. The summed E-state index contributed by atoms with van der Waals surface area (Å²) < 4.78 is 5.18. The molecule has 2 aromatic heterocycles. The molecule has 25 heavy (non-hydrogen) atoms. The number of carbonyl (C=O) groups excluding carboxylic acids is 1. The SMILES string of the molecule is CCNC(=NCC(=O)NCc1ccco1)N(C)CCc1cccs1.I. The van der Waals surface area contributed by atoms with Crippen LogP contribution in [0, 0.1) is 0 Å². The fourth-order valence-corrected chi connectivity index (χ4v) is 2.81. The first-order chi connectivity index (χ1) is 11.7. The number of aliphatic imine (C=N–C) groups is 1. The second kappa shape index (κ2) is 11.9. The molecule has 0 fully saturated rings. The Balaban J connectivity index is 0.00000312. The van der Waals surface area contributed by atoms with Gasteiger partial charge in [0.2, 0.25) is 5.91 Å². The molecule has 0 radical (unpaired) electrons. The van der Waals surface area contributed by atoms with E-state index in [4.69, 9.17) is 4.42 Å². The van der Waals surface area contributed by atoms with Gasteiger partial charge in [0.25, 0.3) is 0 Å². The second-order valence-corrected chi connectivity index (χ2v) is 6.31. The Hall–Kier alpha value is -1.55. The van der Waals surface area contributed by atoms with Crippen molar-refractivity contribution in [2.45, 2.75) is 19.9 Å². The van der Waals surface area contributed by atoms with E-state index in [0.29, 0.717) is 6.54 Å². The molecule has 0 aliphatic rings. The molecule has 0 aliphatic carbocycles. The van der Waals surface area contributed by atoms with Gasteiger partial charge in [-0.1, -0.05) is 6.07 Å². The van der Waals surface area contributed by atoms with Gasteiger partial charge >= 0.3 is 0 Å². The molecule has 0 unspecified atom stereocenters. The minimum atomic E-state index is -0.131. The summed E-state index contributed by atoms with van der Waals surface area (Å²) in [5.41, 5.74) is 0. The molecular weight excluding hydrogens is 451 g/mol. The zero-order valence-electron chi connectivity index (χ0n) is 14.5. The summed E-state index contributed by atoms with van der Waals surface area (Å²) in [5, 5.41) is 8.09. The first-order valence-corrected chi connectivity index (χ1v) is 8.88. The van der Waals surface area contributed by atoms with Crippen LogP contribution in [-0.2, 0) is 17.8 Å². The maximum absolute atomic E-state index is 11.9. The van der Waals surface area contributed by atoms with Gasteiger partial charge in [-0.3, -0.25) is 4.79 Å². The van der Waals surface area contributed by atoms with E-state index in [1.54, 1.807) is 23.7 Å². The van der Waals surface area contributed by atoms with Crippen molar-refractivity contribution >= 4 is 47.2 Å². The van der Waals surface area contributed by atoms with Gasteiger partial charge < -0.3 is 20.0 Å². The number of nitrogens with zero attached hydrogens (tertiary/aromatic N) is 2. The van der Waals surface area contributed by atoms with E-state index in [-0.39, 0.29) is 36.4 Å². The Morgan fingerprint density at radius 1 is 1.32 bits per heavy atom. The number of likely N-dealkylation sites (N-methyl/N-ethyl adjacent to an activating group) is 1. The number of thiophene rings is 1. The third-order valence-electron chi connectivity index (χ3n) is 3.38. The van der Waals surface area contributed by atoms with Crippen molar-refractivity contribution in [2.24, 2.45) is 4.99 Å². The van der Waals surface area contributed by atoms with Crippen LogP contribution in [0.3, 0.4) is 0 Å². The summed E-state index contributed by atoms with van der Waals surface area (Å²) in [6, 6.07) is 7.81. The lowest BCUT2D eigenvalue weighted by atomic mass is 10.3. The highest BCUT2D eigenvalue weighted by Crippen LogP contribution is 2.09. The zero-order valence-corrected chi connectivity index (χ0v) is 17.7. The fourth-order valence-electron chi connectivity index (χ4n) is 2.11. The standard InChI is InChI=1S/C17H24N4O2S.HI/c1-3-18-17(21(2)9-8-15-7-5-11-24-15)20-13-16(22)19-12-14-6-4-10-23-14;/h4-7,10-11H,3,8-9,12-13H2,1-2H3,(H,18,20)(H,19,22);1H. The second-order valence-electron chi connectivity index (χ2n) is 5.28. The predicted octanol–water partition coefficient (Wildman–Crippen LogP) is 2.72. The molecule has 2 heterocycles. The molecule has 6 nitrogen and oxygen atoms in total. The number of carbonyl (C=O) groups is 1. The van der Waals surface area contributed by atoms with Crippen molar-refractivity contribution in [1.29, 1.82) is 0 Å². The van der Waals surface area contributed by atoms with E-state index in [2.05, 4.69) is 33.1 Å². The van der Waals surface area contributed by atoms with Crippen molar-refractivity contribution in [3.63, 3.8) is 0 Å². The number of hydrogen-bond donors (Lipinski definition) is 2. The van der Waals surface area contributed by atoms with Gasteiger partial charge in [-0.15, -0.1) is 35.3 Å². The Labute approximate surface area is 169 Å². The van der Waals surface area contributed by atoms with Crippen LogP contribution in [0.25, 0.3) is 0 Å². The van der Waals surface area contributed by atoms with Crippen LogP contribution in [0.15, 0.2) is 45.3 Å². The smallest absolute Gasteiger partial charge is 0.242 e. The van der Waals surface area contributed by atoms with Gasteiger partial charge in [-0.25, -0.2) is 4.99 Å². The maximum atomic E-state index is 11.9. The number of halogens is 1. The van der Waals surface area contributed by atoms with E-state index >= 15 is 0 Å².